The van der Waals surface area contributed by atoms with Gasteiger partial charge in [-0.05, 0) is 36.3 Å². The number of non-ortho nitro benzene ring substituents is 1. The standard InChI is InChI=1S/C16H13ClN2O5S2/c17-11(8-10-3-5-12(6-4-10)19(23)24)9-13-15(22)18(16(25)26-13)7-1-2-14(20)21/h3-6,8-9H,1-2,7H2,(H,20,21). The van der Waals surface area contributed by atoms with Gasteiger partial charge in [0.2, 0.25) is 0 Å². The number of nitro benzene ring substituents is 1. The molecule has 1 aromatic rings. The van der Waals surface area contributed by atoms with Crippen molar-refractivity contribution in [2.75, 3.05) is 6.54 Å². The number of hydrogen-bond donors (Lipinski definition) is 1. The van der Waals surface area contributed by atoms with Crippen LogP contribution in [0.25, 0.3) is 6.08 Å². The summed E-state index contributed by atoms with van der Waals surface area (Å²) in [5.74, 6) is -1.25. The number of carboxylic acid groups (broad SMARTS) is 1. The maximum atomic E-state index is 12.3. The van der Waals surface area contributed by atoms with E-state index in [4.69, 9.17) is 28.9 Å². The van der Waals surface area contributed by atoms with Crippen LogP contribution in [-0.2, 0) is 9.59 Å². The van der Waals surface area contributed by atoms with Crippen molar-refractivity contribution in [3.63, 3.8) is 0 Å². The minimum atomic E-state index is -0.931. The number of rotatable bonds is 7. The predicted molar refractivity (Wildman–Crippen MR) is 104 cm³/mol. The van der Waals surface area contributed by atoms with Crippen LogP contribution in [0.5, 0.6) is 0 Å². The Labute approximate surface area is 163 Å². The van der Waals surface area contributed by atoms with Gasteiger partial charge in [-0.3, -0.25) is 24.6 Å². The topological polar surface area (TPSA) is 101 Å². The van der Waals surface area contributed by atoms with Gasteiger partial charge in [-0.15, -0.1) is 0 Å². The molecule has 0 bridgehead atoms. The predicted octanol–water partition coefficient (Wildman–Crippen LogP) is 3.78. The van der Waals surface area contributed by atoms with Crippen LogP contribution < -0.4 is 0 Å². The molecule has 1 amide bonds. The summed E-state index contributed by atoms with van der Waals surface area (Å²) in [5, 5.41) is 19.6. The molecular formula is C16H13ClN2O5S2. The molecule has 1 aliphatic rings. The molecule has 0 unspecified atom stereocenters. The van der Waals surface area contributed by atoms with Crippen molar-refractivity contribution in [3.05, 3.63) is 56.0 Å². The molecule has 7 nitrogen and oxygen atoms in total. The molecule has 1 N–H and O–H groups in total. The molecule has 1 aliphatic heterocycles. The van der Waals surface area contributed by atoms with Gasteiger partial charge >= 0.3 is 5.97 Å². The number of allylic oxidation sites excluding steroid dienone is 2. The van der Waals surface area contributed by atoms with Crippen molar-refractivity contribution in [1.29, 1.82) is 0 Å². The molecule has 2 rings (SSSR count). The third kappa shape index (κ3) is 5.38. The molecule has 136 valence electrons. The van der Waals surface area contributed by atoms with E-state index in [1.165, 1.54) is 23.1 Å². The van der Waals surface area contributed by atoms with E-state index in [0.717, 1.165) is 11.8 Å². The lowest BCUT2D eigenvalue weighted by atomic mass is 10.2. The third-order valence-corrected chi connectivity index (χ3v) is 4.92. The van der Waals surface area contributed by atoms with Gasteiger partial charge in [0.25, 0.3) is 11.6 Å². The first kappa shape index (κ1) is 20.1. The molecule has 1 heterocycles. The fourth-order valence-corrected chi connectivity index (χ4v) is 3.70. The van der Waals surface area contributed by atoms with Gasteiger partial charge in [0, 0.05) is 30.1 Å². The Morgan fingerprint density at radius 2 is 2.04 bits per heavy atom. The highest BCUT2D eigenvalue weighted by Crippen LogP contribution is 2.33. The summed E-state index contributed by atoms with van der Waals surface area (Å²) in [6.45, 7) is 0.234. The Balaban J connectivity index is 2.08. The Bertz CT molecular complexity index is 820. The zero-order valence-corrected chi connectivity index (χ0v) is 15.6. The molecule has 10 heteroatoms. The molecule has 0 spiro atoms. The summed E-state index contributed by atoms with van der Waals surface area (Å²) in [4.78, 5) is 34.7. The van der Waals surface area contributed by atoms with Crippen molar-refractivity contribution in [2.24, 2.45) is 0 Å². The summed E-state index contributed by atoms with van der Waals surface area (Å²) >= 11 is 12.4. The van der Waals surface area contributed by atoms with E-state index in [9.17, 15) is 19.7 Å². The van der Waals surface area contributed by atoms with Crippen LogP contribution in [0.15, 0.2) is 40.3 Å². The number of thioether (sulfide) groups is 1. The Kier molecular flexibility index (Phi) is 6.90. The number of benzene rings is 1. The number of thiocarbonyl (C=S) groups is 1. The lowest BCUT2D eigenvalue weighted by molar-refractivity contribution is -0.384. The molecule has 0 aromatic heterocycles. The molecule has 0 aliphatic carbocycles. The SMILES string of the molecule is O=C(O)CCCN1C(=O)C(=CC(Cl)=Cc2ccc([N+](=O)[O-])cc2)SC1=S. The van der Waals surface area contributed by atoms with Crippen LogP contribution in [0.3, 0.4) is 0 Å². The van der Waals surface area contributed by atoms with Gasteiger partial charge in [-0.2, -0.15) is 0 Å². The molecular weight excluding hydrogens is 400 g/mol. The van der Waals surface area contributed by atoms with Crippen molar-refractivity contribution in [2.45, 2.75) is 12.8 Å². The summed E-state index contributed by atoms with van der Waals surface area (Å²) in [6.07, 6.45) is 3.31. The number of nitro groups is 1. The fraction of sp³-hybridized carbons (Fsp3) is 0.188. The zero-order chi connectivity index (χ0) is 19.3. The van der Waals surface area contributed by atoms with Crippen LogP contribution in [0, 0.1) is 10.1 Å². The highest BCUT2D eigenvalue weighted by molar-refractivity contribution is 8.26. The highest BCUT2D eigenvalue weighted by Gasteiger charge is 2.31. The van der Waals surface area contributed by atoms with Gasteiger partial charge in [-0.1, -0.05) is 35.6 Å². The number of aliphatic carboxylic acids is 1. The smallest absolute Gasteiger partial charge is 0.303 e. The summed E-state index contributed by atoms with van der Waals surface area (Å²) < 4.78 is 0.353. The van der Waals surface area contributed by atoms with E-state index in [2.05, 4.69) is 0 Å². The lowest BCUT2D eigenvalue weighted by Crippen LogP contribution is -2.29. The minimum absolute atomic E-state index is 0.0273. The summed E-state index contributed by atoms with van der Waals surface area (Å²) in [7, 11) is 0. The first-order chi connectivity index (χ1) is 12.3. The maximum absolute atomic E-state index is 12.3. The van der Waals surface area contributed by atoms with Gasteiger partial charge in [0.1, 0.15) is 4.32 Å². The van der Waals surface area contributed by atoms with E-state index in [-0.39, 0.29) is 29.6 Å². The van der Waals surface area contributed by atoms with E-state index in [1.807, 2.05) is 0 Å². The Hall–Kier alpha value is -2.23. The van der Waals surface area contributed by atoms with Gasteiger partial charge in [0.15, 0.2) is 0 Å². The quantitative estimate of drug-likeness (QED) is 0.314. The average Bonchev–Trinajstić information content (AvgIpc) is 2.82. The van der Waals surface area contributed by atoms with Crippen LogP contribution in [0.2, 0.25) is 0 Å². The zero-order valence-electron chi connectivity index (χ0n) is 13.3. The minimum Gasteiger partial charge on any atom is -0.481 e. The molecule has 1 aromatic carbocycles. The second-order valence-corrected chi connectivity index (χ2v) is 7.32. The molecule has 26 heavy (non-hydrogen) atoms. The average molecular weight is 413 g/mol. The molecule has 0 radical (unpaired) electrons. The first-order valence-corrected chi connectivity index (χ1v) is 8.97. The monoisotopic (exact) mass is 412 g/mol. The molecule has 0 saturated carbocycles. The number of halogens is 1. The van der Waals surface area contributed by atoms with E-state index >= 15 is 0 Å². The van der Waals surface area contributed by atoms with Crippen molar-refractivity contribution in [1.82, 2.24) is 4.90 Å². The van der Waals surface area contributed by atoms with E-state index in [0.29, 0.717) is 21.2 Å². The van der Waals surface area contributed by atoms with Gasteiger partial charge < -0.3 is 5.11 Å². The van der Waals surface area contributed by atoms with Crippen LogP contribution >= 0.6 is 35.6 Å². The maximum Gasteiger partial charge on any atom is 0.303 e. The Morgan fingerprint density at radius 1 is 1.38 bits per heavy atom. The Morgan fingerprint density at radius 3 is 2.62 bits per heavy atom. The highest BCUT2D eigenvalue weighted by atomic mass is 35.5. The largest absolute Gasteiger partial charge is 0.481 e. The summed E-state index contributed by atoms with van der Waals surface area (Å²) in [6, 6.07) is 5.81. The van der Waals surface area contributed by atoms with Crippen LogP contribution in [0.4, 0.5) is 5.69 Å². The molecule has 0 atom stereocenters. The van der Waals surface area contributed by atoms with Crippen molar-refractivity contribution < 1.29 is 19.6 Å². The van der Waals surface area contributed by atoms with Crippen LogP contribution in [0.1, 0.15) is 18.4 Å². The fourth-order valence-electron chi connectivity index (χ4n) is 2.10. The van der Waals surface area contributed by atoms with Crippen molar-refractivity contribution >= 4 is 63.5 Å². The van der Waals surface area contributed by atoms with Gasteiger partial charge in [0.05, 0.1) is 9.83 Å². The number of carbonyl (C=O) groups is 2. The van der Waals surface area contributed by atoms with Crippen molar-refractivity contribution in [3.8, 4) is 0 Å². The lowest BCUT2D eigenvalue weighted by Gasteiger charge is -2.13. The first-order valence-electron chi connectivity index (χ1n) is 7.37. The number of carbonyl (C=O) groups excluding carboxylic acids is 1. The summed E-state index contributed by atoms with van der Waals surface area (Å²) in [5.41, 5.74) is 0.620. The van der Waals surface area contributed by atoms with Crippen LogP contribution in [-0.4, -0.2) is 37.7 Å². The molecule has 1 fully saturated rings. The normalized spacial score (nSPS) is 16.4. The molecule has 1 saturated heterocycles. The second kappa shape index (κ2) is 8.93. The number of amides is 1. The van der Waals surface area contributed by atoms with E-state index < -0.39 is 10.9 Å². The number of hydrogen-bond acceptors (Lipinski definition) is 6. The number of carboxylic acids is 1. The van der Waals surface area contributed by atoms with Gasteiger partial charge in [-0.25, -0.2) is 0 Å². The number of nitrogens with zero attached hydrogens (tertiary/aromatic N) is 2. The van der Waals surface area contributed by atoms with E-state index in [1.54, 1.807) is 18.2 Å². The second-order valence-electron chi connectivity index (χ2n) is 5.21. The third-order valence-electron chi connectivity index (χ3n) is 3.32.